The average molecular weight is 443 g/mol. The summed E-state index contributed by atoms with van der Waals surface area (Å²) in [6.07, 6.45) is 2.24. The Hall–Kier alpha value is -3.12. The molecule has 0 saturated heterocycles. The van der Waals surface area contributed by atoms with Crippen LogP contribution in [0.3, 0.4) is 0 Å². The highest BCUT2D eigenvalue weighted by Gasteiger charge is 2.18. The molecule has 0 amide bonds. The molecular formula is C24H23ClO6. The first-order chi connectivity index (χ1) is 15.1. The zero-order valence-corrected chi connectivity index (χ0v) is 17.7. The Morgan fingerprint density at radius 3 is 2.55 bits per heavy atom. The first kappa shape index (κ1) is 22.6. The molecule has 31 heavy (non-hydrogen) atoms. The lowest BCUT2D eigenvalue weighted by Gasteiger charge is -2.08. The molecule has 1 aliphatic rings. The summed E-state index contributed by atoms with van der Waals surface area (Å²) >= 11 is 5.50. The van der Waals surface area contributed by atoms with E-state index in [0.29, 0.717) is 29.1 Å². The quantitative estimate of drug-likeness (QED) is 0.219. The van der Waals surface area contributed by atoms with E-state index < -0.39 is 5.97 Å². The second-order valence-corrected chi connectivity index (χ2v) is 7.31. The standard InChI is InChI=1S/C24H23ClO6/c25-11-12-29-24(28)8-4-7-20(26)19(15-21(27)18-5-2-1-3-6-18)13-17-9-10-22-23(14-17)31-16-30-22/h1-3,5-6,9-10,13-14H,4,7-8,11-12,15-16H2. The van der Waals surface area contributed by atoms with Crippen LogP contribution in [-0.2, 0) is 14.3 Å². The van der Waals surface area contributed by atoms with Crippen LogP contribution < -0.4 is 9.47 Å². The van der Waals surface area contributed by atoms with Crippen LogP contribution in [-0.4, -0.2) is 36.8 Å². The van der Waals surface area contributed by atoms with Crippen molar-refractivity contribution < 1.29 is 28.6 Å². The largest absolute Gasteiger partial charge is 0.464 e. The Labute approximate surface area is 185 Å². The van der Waals surface area contributed by atoms with Gasteiger partial charge in [0.2, 0.25) is 6.79 Å². The third kappa shape index (κ3) is 6.69. The molecule has 0 fully saturated rings. The second-order valence-electron chi connectivity index (χ2n) is 6.93. The molecule has 0 bridgehead atoms. The van der Waals surface area contributed by atoms with Crippen LogP contribution in [0.15, 0.2) is 54.1 Å². The van der Waals surface area contributed by atoms with Gasteiger partial charge in [0.05, 0.1) is 5.88 Å². The minimum atomic E-state index is -0.393. The Morgan fingerprint density at radius 2 is 1.77 bits per heavy atom. The zero-order valence-electron chi connectivity index (χ0n) is 17.0. The molecular weight excluding hydrogens is 420 g/mol. The molecule has 3 rings (SSSR count). The van der Waals surface area contributed by atoms with Gasteiger partial charge in [0.15, 0.2) is 23.1 Å². The van der Waals surface area contributed by atoms with Crippen molar-refractivity contribution in [1.29, 1.82) is 0 Å². The van der Waals surface area contributed by atoms with E-state index in [9.17, 15) is 14.4 Å². The molecule has 162 valence electrons. The van der Waals surface area contributed by atoms with E-state index in [2.05, 4.69) is 0 Å². The summed E-state index contributed by atoms with van der Waals surface area (Å²) in [5, 5.41) is 0. The number of carbonyl (C=O) groups is 3. The Balaban J connectivity index is 1.73. The number of esters is 1. The molecule has 0 radical (unpaired) electrons. The zero-order chi connectivity index (χ0) is 22.1. The maximum atomic E-state index is 12.9. The molecule has 1 heterocycles. The average Bonchev–Trinajstić information content (AvgIpc) is 3.25. The van der Waals surface area contributed by atoms with Gasteiger partial charge in [-0.2, -0.15) is 0 Å². The Bertz CT molecular complexity index is 967. The van der Waals surface area contributed by atoms with Gasteiger partial charge in [-0.15, -0.1) is 11.6 Å². The highest BCUT2D eigenvalue weighted by Crippen LogP contribution is 2.33. The number of fused-ring (bicyclic) bond motifs is 1. The molecule has 6 nitrogen and oxygen atoms in total. The number of carbonyl (C=O) groups excluding carboxylic acids is 3. The third-order valence-electron chi connectivity index (χ3n) is 4.67. The number of benzene rings is 2. The molecule has 0 unspecified atom stereocenters. The summed E-state index contributed by atoms with van der Waals surface area (Å²) in [6.45, 7) is 0.301. The number of ether oxygens (including phenoxy) is 3. The first-order valence-electron chi connectivity index (χ1n) is 10.00. The van der Waals surface area contributed by atoms with Gasteiger partial charge in [-0.1, -0.05) is 36.4 Å². The van der Waals surface area contributed by atoms with Gasteiger partial charge >= 0.3 is 5.97 Å². The van der Waals surface area contributed by atoms with E-state index in [1.165, 1.54) is 0 Å². The molecule has 0 spiro atoms. The van der Waals surface area contributed by atoms with Crippen LogP contribution in [0.25, 0.3) is 6.08 Å². The number of hydrogen-bond acceptors (Lipinski definition) is 6. The minimum absolute atomic E-state index is 0.0337. The van der Waals surface area contributed by atoms with Gasteiger partial charge in [0.25, 0.3) is 0 Å². The molecule has 7 heteroatoms. The second kappa shape index (κ2) is 11.3. The fraction of sp³-hybridized carbons (Fsp3) is 0.292. The number of Topliss-reactive ketones (excluding diaryl/α,β-unsaturated/α-hetero) is 2. The van der Waals surface area contributed by atoms with Gasteiger partial charge < -0.3 is 14.2 Å². The monoisotopic (exact) mass is 442 g/mol. The lowest BCUT2D eigenvalue weighted by molar-refractivity contribution is -0.143. The molecule has 0 atom stereocenters. The van der Waals surface area contributed by atoms with Gasteiger partial charge in [-0.25, -0.2) is 0 Å². The topological polar surface area (TPSA) is 78.9 Å². The predicted molar refractivity (Wildman–Crippen MR) is 116 cm³/mol. The lowest BCUT2D eigenvalue weighted by Crippen LogP contribution is -2.11. The number of alkyl halides is 1. The SMILES string of the molecule is O=C(CCCC(=O)C(=Cc1ccc2c(c1)OCO2)CC(=O)c1ccccc1)OCCCl. The lowest BCUT2D eigenvalue weighted by atomic mass is 9.95. The van der Waals surface area contributed by atoms with E-state index in [-0.39, 0.29) is 50.1 Å². The summed E-state index contributed by atoms with van der Waals surface area (Å²) in [7, 11) is 0. The number of allylic oxidation sites excluding steroid dienone is 1. The predicted octanol–water partition coefficient (Wildman–Crippen LogP) is 4.59. The fourth-order valence-electron chi connectivity index (χ4n) is 3.11. The summed E-state index contributed by atoms with van der Waals surface area (Å²) in [6, 6.07) is 14.2. The van der Waals surface area contributed by atoms with Crippen molar-refractivity contribution in [3.63, 3.8) is 0 Å². The molecule has 0 aliphatic carbocycles. The highest BCUT2D eigenvalue weighted by molar-refractivity contribution is 6.18. The molecule has 1 aliphatic heterocycles. The third-order valence-corrected chi connectivity index (χ3v) is 4.82. The number of rotatable bonds is 11. The van der Waals surface area contributed by atoms with E-state index in [1.807, 2.05) is 6.07 Å². The maximum absolute atomic E-state index is 12.9. The van der Waals surface area contributed by atoms with Gasteiger partial charge in [0.1, 0.15) is 6.61 Å². The highest BCUT2D eigenvalue weighted by atomic mass is 35.5. The normalized spacial score (nSPS) is 12.5. The van der Waals surface area contributed by atoms with Crippen molar-refractivity contribution in [3.05, 3.63) is 65.2 Å². The van der Waals surface area contributed by atoms with Crippen molar-refractivity contribution >= 4 is 35.2 Å². The minimum Gasteiger partial charge on any atom is -0.464 e. The van der Waals surface area contributed by atoms with Crippen molar-refractivity contribution in [1.82, 2.24) is 0 Å². The van der Waals surface area contributed by atoms with Crippen LogP contribution in [0.1, 0.15) is 41.6 Å². The molecule has 2 aromatic carbocycles. The van der Waals surface area contributed by atoms with Crippen molar-refractivity contribution in [3.8, 4) is 11.5 Å². The van der Waals surface area contributed by atoms with Crippen molar-refractivity contribution in [2.45, 2.75) is 25.7 Å². The van der Waals surface area contributed by atoms with Gasteiger partial charge in [0, 0.05) is 30.4 Å². The number of ketones is 2. The molecule has 0 saturated carbocycles. The summed E-state index contributed by atoms with van der Waals surface area (Å²) in [4.78, 5) is 37.2. The first-order valence-corrected chi connectivity index (χ1v) is 10.5. The molecule has 2 aromatic rings. The molecule has 0 aromatic heterocycles. The molecule has 0 N–H and O–H groups in total. The van der Waals surface area contributed by atoms with Crippen LogP contribution in [0.5, 0.6) is 11.5 Å². The van der Waals surface area contributed by atoms with Crippen LogP contribution in [0.2, 0.25) is 0 Å². The fourth-order valence-corrected chi connectivity index (χ4v) is 3.19. The van der Waals surface area contributed by atoms with E-state index >= 15 is 0 Å². The summed E-state index contributed by atoms with van der Waals surface area (Å²) in [5.74, 6) is 0.733. The van der Waals surface area contributed by atoms with Crippen molar-refractivity contribution in [2.75, 3.05) is 19.3 Å². The summed E-state index contributed by atoms with van der Waals surface area (Å²) < 4.78 is 15.6. The van der Waals surface area contributed by atoms with E-state index in [1.54, 1.807) is 48.5 Å². The van der Waals surface area contributed by atoms with Gasteiger partial charge in [-0.05, 0) is 30.2 Å². The van der Waals surface area contributed by atoms with Crippen LogP contribution in [0, 0.1) is 0 Å². The summed E-state index contributed by atoms with van der Waals surface area (Å²) in [5.41, 5.74) is 1.65. The van der Waals surface area contributed by atoms with Crippen LogP contribution in [0.4, 0.5) is 0 Å². The van der Waals surface area contributed by atoms with Crippen LogP contribution >= 0.6 is 11.6 Å². The number of halogens is 1. The van der Waals surface area contributed by atoms with E-state index in [0.717, 1.165) is 5.56 Å². The Morgan fingerprint density at radius 1 is 1.00 bits per heavy atom. The van der Waals surface area contributed by atoms with Crippen molar-refractivity contribution in [2.24, 2.45) is 0 Å². The smallest absolute Gasteiger partial charge is 0.305 e. The van der Waals surface area contributed by atoms with Gasteiger partial charge in [-0.3, -0.25) is 14.4 Å². The van der Waals surface area contributed by atoms with E-state index in [4.69, 9.17) is 25.8 Å². The Kier molecular flexibility index (Phi) is 8.24. The maximum Gasteiger partial charge on any atom is 0.305 e. The number of hydrogen-bond donors (Lipinski definition) is 0.